The SMILES string of the molecule is Cc1oc(-c2ccccc2)nc1C(=O)NCCSc1ncc(C(F)(F)F)cc1Cl. The second-order valence-electron chi connectivity index (χ2n) is 5.90. The number of hydrogen-bond donors (Lipinski definition) is 1. The number of pyridine rings is 1. The highest BCUT2D eigenvalue weighted by Crippen LogP contribution is 2.33. The predicted octanol–water partition coefficient (Wildman–Crippen LogP) is 5.24. The molecule has 29 heavy (non-hydrogen) atoms. The number of alkyl halides is 3. The average molecular weight is 442 g/mol. The number of hydrogen-bond acceptors (Lipinski definition) is 5. The lowest BCUT2D eigenvalue weighted by Crippen LogP contribution is -2.26. The van der Waals surface area contributed by atoms with Gasteiger partial charge in [0.05, 0.1) is 10.6 Å². The molecule has 0 radical (unpaired) electrons. The largest absolute Gasteiger partial charge is 0.441 e. The zero-order chi connectivity index (χ0) is 21.0. The van der Waals surface area contributed by atoms with Crippen LogP contribution in [0.25, 0.3) is 11.5 Å². The van der Waals surface area contributed by atoms with Gasteiger partial charge in [0.15, 0.2) is 5.69 Å². The molecule has 3 rings (SSSR count). The summed E-state index contributed by atoms with van der Waals surface area (Å²) in [6.45, 7) is 1.89. The molecule has 0 saturated heterocycles. The lowest BCUT2D eigenvalue weighted by Gasteiger charge is -2.09. The molecule has 10 heteroatoms. The molecule has 152 valence electrons. The Hall–Kier alpha value is -2.52. The van der Waals surface area contributed by atoms with Crippen LogP contribution in [0.15, 0.2) is 52.0 Å². The molecule has 0 unspecified atom stereocenters. The first-order valence-corrected chi connectivity index (χ1v) is 9.78. The van der Waals surface area contributed by atoms with Crippen LogP contribution >= 0.6 is 23.4 Å². The van der Waals surface area contributed by atoms with Crippen molar-refractivity contribution >= 4 is 29.3 Å². The molecular formula is C19H15ClF3N3O2S. The van der Waals surface area contributed by atoms with Crippen LogP contribution in [-0.4, -0.2) is 28.2 Å². The van der Waals surface area contributed by atoms with Gasteiger partial charge in [-0.1, -0.05) is 29.8 Å². The van der Waals surface area contributed by atoms with E-state index >= 15 is 0 Å². The lowest BCUT2D eigenvalue weighted by atomic mass is 10.2. The highest BCUT2D eigenvalue weighted by atomic mass is 35.5. The molecule has 1 N–H and O–H groups in total. The van der Waals surface area contributed by atoms with Gasteiger partial charge in [-0.3, -0.25) is 4.79 Å². The number of carbonyl (C=O) groups is 1. The Morgan fingerprint density at radius 3 is 2.66 bits per heavy atom. The monoisotopic (exact) mass is 441 g/mol. The van der Waals surface area contributed by atoms with Gasteiger partial charge in [-0.05, 0) is 25.1 Å². The summed E-state index contributed by atoms with van der Waals surface area (Å²) in [7, 11) is 0. The highest BCUT2D eigenvalue weighted by Gasteiger charge is 2.31. The molecule has 0 fully saturated rings. The Kier molecular flexibility index (Phi) is 6.49. The first kappa shape index (κ1) is 21.2. The molecule has 0 bridgehead atoms. The van der Waals surface area contributed by atoms with Crippen LogP contribution in [-0.2, 0) is 6.18 Å². The summed E-state index contributed by atoms with van der Waals surface area (Å²) < 4.78 is 43.5. The molecular weight excluding hydrogens is 427 g/mol. The Morgan fingerprint density at radius 1 is 1.28 bits per heavy atom. The Bertz CT molecular complexity index is 1010. The number of nitrogens with zero attached hydrogens (tertiary/aromatic N) is 2. The van der Waals surface area contributed by atoms with Crippen LogP contribution < -0.4 is 5.32 Å². The van der Waals surface area contributed by atoms with Crippen molar-refractivity contribution in [1.82, 2.24) is 15.3 Å². The highest BCUT2D eigenvalue weighted by molar-refractivity contribution is 7.99. The molecule has 1 aromatic carbocycles. The molecule has 0 aliphatic carbocycles. The zero-order valence-electron chi connectivity index (χ0n) is 15.1. The zero-order valence-corrected chi connectivity index (χ0v) is 16.7. The van der Waals surface area contributed by atoms with Crippen molar-refractivity contribution in [2.75, 3.05) is 12.3 Å². The third-order valence-electron chi connectivity index (χ3n) is 3.79. The number of nitrogens with one attached hydrogen (secondary N) is 1. The smallest absolute Gasteiger partial charge is 0.417 e. The number of benzene rings is 1. The number of oxazole rings is 1. The predicted molar refractivity (Wildman–Crippen MR) is 104 cm³/mol. The quantitative estimate of drug-likeness (QED) is 0.418. The summed E-state index contributed by atoms with van der Waals surface area (Å²) >= 11 is 7.00. The number of thioether (sulfide) groups is 1. The lowest BCUT2D eigenvalue weighted by molar-refractivity contribution is -0.137. The van der Waals surface area contributed by atoms with E-state index in [1.807, 2.05) is 30.3 Å². The van der Waals surface area contributed by atoms with Gasteiger partial charge in [-0.25, -0.2) is 9.97 Å². The van der Waals surface area contributed by atoms with Crippen LogP contribution in [0.2, 0.25) is 5.02 Å². The van der Waals surface area contributed by atoms with Crippen LogP contribution in [0.3, 0.4) is 0 Å². The van der Waals surface area contributed by atoms with E-state index in [2.05, 4.69) is 15.3 Å². The van der Waals surface area contributed by atoms with E-state index in [0.717, 1.165) is 29.6 Å². The summed E-state index contributed by atoms with van der Waals surface area (Å²) in [6.07, 6.45) is -3.77. The fraction of sp³-hybridized carbons (Fsp3) is 0.211. The Morgan fingerprint density at radius 2 is 2.00 bits per heavy atom. The maximum Gasteiger partial charge on any atom is 0.417 e. The maximum atomic E-state index is 12.6. The van der Waals surface area contributed by atoms with Crippen LogP contribution in [0.1, 0.15) is 21.8 Å². The van der Waals surface area contributed by atoms with Crippen molar-refractivity contribution in [1.29, 1.82) is 0 Å². The molecule has 2 aromatic heterocycles. The van der Waals surface area contributed by atoms with Crippen molar-refractivity contribution in [2.24, 2.45) is 0 Å². The van der Waals surface area contributed by atoms with Crippen molar-refractivity contribution in [2.45, 2.75) is 18.1 Å². The van der Waals surface area contributed by atoms with Crippen molar-refractivity contribution in [3.05, 3.63) is 64.6 Å². The molecule has 5 nitrogen and oxygen atoms in total. The summed E-state index contributed by atoms with van der Waals surface area (Å²) in [4.78, 5) is 20.3. The van der Waals surface area contributed by atoms with Gasteiger partial charge in [0, 0.05) is 24.1 Å². The van der Waals surface area contributed by atoms with Gasteiger partial charge in [0.25, 0.3) is 5.91 Å². The second kappa shape index (κ2) is 8.87. The molecule has 3 aromatic rings. The van der Waals surface area contributed by atoms with E-state index in [0.29, 0.717) is 17.4 Å². The summed E-state index contributed by atoms with van der Waals surface area (Å²) in [6, 6.07) is 10.0. The third kappa shape index (κ3) is 5.30. The average Bonchev–Trinajstić information content (AvgIpc) is 3.08. The number of aromatic nitrogens is 2. The van der Waals surface area contributed by atoms with Gasteiger partial charge in [0.2, 0.25) is 5.89 Å². The number of carbonyl (C=O) groups excluding carboxylic acids is 1. The molecule has 2 heterocycles. The second-order valence-corrected chi connectivity index (χ2v) is 7.39. The summed E-state index contributed by atoms with van der Waals surface area (Å²) in [5, 5.41) is 2.87. The normalized spacial score (nSPS) is 11.5. The third-order valence-corrected chi connectivity index (χ3v) is 5.20. The minimum Gasteiger partial charge on any atom is -0.441 e. The van der Waals surface area contributed by atoms with E-state index in [4.69, 9.17) is 16.0 Å². The van der Waals surface area contributed by atoms with E-state index in [9.17, 15) is 18.0 Å². The number of halogens is 4. The van der Waals surface area contributed by atoms with Crippen molar-refractivity contribution in [3.8, 4) is 11.5 Å². The van der Waals surface area contributed by atoms with Gasteiger partial charge in [-0.15, -0.1) is 11.8 Å². The van der Waals surface area contributed by atoms with Gasteiger partial charge >= 0.3 is 6.18 Å². The molecule has 0 saturated carbocycles. The Balaban J connectivity index is 1.55. The summed E-state index contributed by atoms with van der Waals surface area (Å²) in [5.74, 6) is 0.706. The maximum absolute atomic E-state index is 12.6. The molecule has 0 spiro atoms. The first-order valence-electron chi connectivity index (χ1n) is 8.42. The first-order chi connectivity index (χ1) is 13.8. The standard InChI is InChI=1S/C19H15ClF3N3O2S/c1-11-15(26-17(28-11)12-5-3-2-4-6-12)16(27)24-7-8-29-18-14(20)9-13(10-25-18)19(21,22)23/h2-6,9-10H,7-8H2,1H3,(H,24,27). The number of rotatable bonds is 6. The Labute approximate surface area is 173 Å². The minimum absolute atomic E-state index is 0.0870. The number of aryl methyl sites for hydroxylation is 1. The van der Waals surface area contributed by atoms with Crippen molar-refractivity contribution in [3.63, 3.8) is 0 Å². The fourth-order valence-electron chi connectivity index (χ4n) is 2.39. The van der Waals surface area contributed by atoms with Crippen molar-refractivity contribution < 1.29 is 22.4 Å². The van der Waals surface area contributed by atoms with Crippen LogP contribution in [0.4, 0.5) is 13.2 Å². The van der Waals surface area contributed by atoms with Gasteiger partial charge in [-0.2, -0.15) is 13.2 Å². The minimum atomic E-state index is -4.50. The molecule has 0 aliphatic heterocycles. The fourth-order valence-corrected chi connectivity index (χ4v) is 3.45. The van der Waals surface area contributed by atoms with Gasteiger partial charge in [0.1, 0.15) is 10.8 Å². The summed E-state index contributed by atoms with van der Waals surface area (Å²) in [5.41, 5.74) is 0.0312. The van der Waals surface area contributed by atoms with Crippen LogP contribution in [0, 0.1) is 6.92 Å². The van der Waals surface area contributed by atoms with E-state index in [-0.39, 0.29) is 22.3 Å². The van der Waals surface area contributed by atoms with E-state index < -0.39 is 17.6 Å². The number of amides is 1. The molecule has 0 atom stereocenters. The molecule has 1 amide bonds. The van der Waals surface area contributed by atoms with E-state index in [1.54, 1.807) is 6.92 Å². The van der Waals surface area contributed by atoms with E-state index in [1.165, 1.54) is 0 Å². The topological polar surface area (TPSA) is 68.0 Å². The molecule has 0 aliphatic rings. The van der Waals surface area contributed by atoms with Crippen LogP contribution in [0.5, 0.6) is 0 Å². The van der Waals surface area contributed by atoms with Gasteiger partial charge < -0.3 is 9.73 Å².